The molecule has 1 saturated heterocycles. The number of hydrogen-bond donors (Lipinski definition) is 3. The smallest absolute Gasteiger partial charge is 0.407 e. The van der Waals surface area contributed by atoms with E-state index in [4.69, 9.17) is 14.2 Å². The lowest BCUT2D eigenvalue weighted by atomic mass is 9.96. The van der Waals surface area contributed by atoms with Crippen molar-refractivity contribution in [1.82, 2.24) is 10.6 Å². The van der Waals surface area contributed by atoms with E-state index in [-0.39, 0.29) is 0 Å². The Hall–Kier alpha value is -1.67. The van der Waals surface area contributed by atoms with Gasteiger partial charge in [0.05, 0.1) is 25.4 Å². The number of amides is 1. The molecule has 0 aliphatic carbocycles. The molecule has 1 aromatic carbocycles. The van der Waals surface area contributed by atoms with Crippen LogP contribution in [0.4, 0.5) is 4.79 Å². The van der Waals surface area contributed by atoms with Crippen molar-refractivity contribution in [3.05, 3.63) is 35.9 Å². The van der Waals surface area contributed by atoms with E-state index in [9.17, 15) is 9.90 Å². The molecule has 1 aliphatic rings. The fourth-order valence-corrected chi connectivity index (χ4v) is 3.81. The molecule has 0 aromatic heterocycles. The lowest BCUT2D eigenvalue weighted by molar-refractivity contribution is -0.149. The van der Waals surface area contributed by atoms with Crippen LogP contribution in [0.3, 0.4) is 0 Å². The van der Waals surface area contributed by atoms with Gasteiger partial charge in [-0.1, -0.05) is 43.7 Å². The van der Waals surface area contributed by atoms with Crippen molar-refractivity contribution in [3.63, 3.8) is 0 Å². The van der Waals surface area contributed by atoms with Crippen LogP contribution < -0.4 is 10.6 Å². The van der Waals surface area contributed by atoms with Crippen LogP contribution in [-0.2, 0) is 20.6 Å². The van der Waals surface area contributed by atoms with Crippen LogP contribution in [0.25, 0.3) is 0 Å². The molecule has 1 fully saturated rings. The Morgan fingerprint density at radius 3 is 2.44 bits per heavy atom. The van der Waals surface area contributed by atoms with E-state index in [1.54, 1.807) is 0 Å². The number of carbonyl (C=O) groups is 1. The third kappa shape index (κ3) is 9.86. The van der Waals surface area contributed by atoms with Crippen molar-refractivity contribution in [2.75, 3.05) is 26.3 Å². The lowest BCUT2D eigenvalue weighted by Gasteiger charge is -2.28. The predicted molar refractivity (Wildman–Crippen MR) is 126 cm³/mol. The summed E-state index contributed by atoms with van der Waals surface area (Å²) in [4.78, 5) is 12.3. The summed E-state index contributed by atoms with van der Waals surface area (Å²) in [6, 6.07) is 9.38. The molecule has 7 nitrogen and oxygen atoms in total. The van der Waals surface area contributed by atoms with E-state index in [2.05, 4.69) is 17.6 Å². The van der Waals surface area contributed by atoms with Gasteiger partial charge < -0.3 is 30.0 Å². The molecule has 1 aromatic rings. The Bertz CT molecular complexity index is 671. The van der Waals surface area contributed by atoms with E-state index in [0.717, 1.165) is 31.4 Å². The lowest BCUT2D eigenvalue weighted by Crippen LogP contribution is -2.50. The normalized spacial score (nSPS) is 18.7. The SMILES string of the molecule is CCC(CCC1(C)OCCO1)CNCC(O)[C@H](Cc1ccccc1)NC(=O)OC(C)(C)C. The van der Waals surface area contributed by atoms with Crippen molar-refractivity contribution in [2.45, 2.75) is 83.8 Å². The van der Waals surface area contributed by atoms with Crippen molar-refractivity contribution >= 4 is 6.09 Å². The fraction of sp³-hybridized carbons (Fsp3) is 0.720. The summed E-state index contributed by atoms with van der Waals surface area (Å²) in [6.45, 7) is 12.1. The van der Waals surface area contributed by atoms with Crippen LogP contribution in [0.15, 0.2) is 30.3 Å². The molecule has 0 saturated carbocycles. The topological polar surface area (TPSA) is 89.0 Å². The van der Waals surface area contributed by atoms with Crippen LogP contribution >= 0.6 is 0 Å². The first-order chi connectivity index (χ1) is 15.1. The highest BCUT2D eigenvalue weighted by molar-refractivity contribution is 5.68. The minimum atomic E-state index is -0.751. The molecule has 3 N–H and O–H groups in total. The number of benzene rings is 1. The minimum absolute atomic E-state index is 0.383. The van der Waals surface area contributed by atoms with E-state index in [1.807, 2.05) is 58.0 Å². The number of nitrogens with one attached hydrogen (secondary N) is 2. The second kappa shape index (κ2) is 12.5. The molecule has 2 rings (SSSR count). The Morgan fingerprint density at radius 1 is 1.19 bits per heavy atom. The second-order valence-corrected chi connectivity index (χ2v) is 9.81. The first-order valence-electron chi connectivity index (χ1n) is 11.8. The van der Waals surface area contributed by atoms with Gasteiger partial charge in [0.25, 0.3) is 0 Å². The maximum atomic E-state index is 12.3. The standard InChI is InChI=1S/C25H42N2O5/c1-6-19(12-13-25(5)30-14-15-31-25)17-26-18-22(28)21(16-20-10-8-7-9-11-20)27-23(29)32-24(2,3)4/h7-11,19,21-22,26,28H,6,12-18H2,1-5H3,(H,27,29)/t19?,21-,22?/m0/s1. The molecule has 32 heavy (non-hydrogen) atoms. The number of aliphatic hydroxyl groups excluding tert-OH is 1. The van der Waals surface area contributed by atoms with Gasteiger partial charge in [0.15, 0.2) is 5.79 Å². The summed E-state index contributed by atoms with van der Waals surface area (Å²) in [6.07, 6.45) is 2.12. The van der Waals surface area contributed by atoms with Crippen LogP contribution in [0, 0.1) is 5.92 Å². The number of alkyl carbamates (subject to hydrolysis) is 1. The van der Waals surface area contributed by atoms with Gasteiger partial charge in [-0.25, -0.2) is 4.79 Å². The predicted octanol–water partition coefficient (Wildman–Crippen LogP) is 3.64. The summed E-state index contributed by atoms with van der Waals surface area (Å²) >= 11 is 0. The highest BCUT2D eigenvalue weighted by Crippen LogP contribution is 2.26. The third-order valence-corrected chi connectivity index (χ3v) is 5.73. The number of hydrogen-bond acceptors (Lipinski definition) is 6. The van der Waals surface area contributed by atoms with Crippen LogP contribution in [-0.4, -0.2) is 61.0 Å². The van der Waals surface area contributed by atoms with Gasteiger partial charge in [0.1, 0.15) is 5.60 Å². The van der Waals surface area contributed by atoms with Gasteiger partial charge in [0, 0.05) is 13.0 Å². The Labute approximate surface area is 193 Å². The molecule has 7 heteroatoms. The van der Waals surface area contributed by atoms with Crippen molar-refractivity contribution < 1.29 is 24.1 Å². The van der Waals surface area contributed by atoms with E-state index >= 15 is 0 Å². The molecule has 0 radical (unpaired) electrons. The van der Waals surface area contributed by atoms with Gasteiger partial charge in [-0.05, 0) is 58.6 Å². The van der Waals surface area contributed by atoms with Gasteiger partial charge in [0.2, 0.25) is 0 Å². The Balaban J connectivity index is 1.86. The van der Waals surface area contributed by atoms with Crippen molar-refractivity contribution in [3.8, 4) is 0 Å². The van der Waals surface area contributed by atoms with Gasteiger partial charge in [-0.3, -0.25) is 0 Å². The molecule has 1 aliphatic heterocycles. The van der Waals surface area contributed by atoms with Gasteiger partial charge in [-0.2, -0.15) is 0 Å². The summed E-state index contributed by atoms with van der Waals surface area (Å²) in [5.41, 5.74) is 0.450. The van der Waals surface area contributed by atoms with E-state index in [0.29, 0.717) is 32.1 Å². The van der Waals surface area contributed by atoms with Crippen LogP contribution in [0.2, 0.25) is 0 Å². The van der Waals surface area contributed by atoms with Gasteiger partial charge in [-0.15, -0.1) is 0 Å². The summed E-state index contributed by atoms with van der Waals surface area (Å²) < 4.78 is 16.8. The first-order valence-corrected chi connectivity index (χ1v) is 11.8. The largest absolute Gasteiger partial charge is 0.444 e. The number of aliphatic hydroxyl groups is 1. The Morgan fingerprint density at radius 2 is 1.84 bits per heavy atom. The van der Waals surface area contributed by atoms with E-state index in [1.165, 1.54) is 0 Å². The molecule has 2 unspecified atom stereocenters. The minimum Gasteiger partial charge on any atom is -0.444 e. The summed E-state index contributed by atoms with van der Waals surface area (Å²) in [5, 5.41) is 17.1. The number of rotatable bonds is 12. The number of ether oxygens (including phenoxy) is 3. The molecule has 3 atom stereocenters. The molecular weight excluding hydrogens is 408 g/mol. The number of carbonyl (C=O) groups excluding carboxylic acids is 1. The fourth-order valence-electron chi connectivity index (χ4n) is 3.81. The maximum absolute atomic E-state index is 12.3. The van der Waals surface area contributed by atoms with Crippen molar-refractivity contribution in [2.24, 2.45) is 5.92 Å². The molecule has 182 valence electrons. The molecule has 0 spiro atoms. The highest BCUT2D eigenvalue weighted by Gasteiger charge is 2.31. The molecule has 1 heterocycles. The third-order valence-electron chi connectivity index (χ3n) is 5.73. The molecule has 0 bridgehead atoms. The average molecular weight is 451 g/mol. The second-order valence-electron chi connectivity index (χ2n) is 9.81. The van der Waals surface area contributed by atoms with E-state index < -0.39 is 29.6 Å². The zero-order valence-electron chi connectivity index (χ0n) is 20.4. The molecular formula is C25H42N2O5. The quantitative estimate of drug-likeness (QED) is 0.451. The monoisotopic (exact) mass is 450 g/mol. The summed E-state index contributed by atoms with van der Waals surface area (Å²) in [7, 11) is 0. The Kier molecular flexibility index (Phi) is 10.4. The van der Waals surface area contributed by atoms with Crippen LogP contribution in [0.1, 0.15) is 59.4 Å². The molecule has 1 amide bonds. The van der Waals surface area contributed by atoms with Gasteiger partial charge >= 0.3 is 6.09 Å². The zero-order chi connectivity index (χ0) is 23.6. The average Bonchev–Trinajstić information content (AvgIpc) is 3.16. The first kappa shape index (κ1) is 26.6. The maximum Gasteiger partial charge on any atom is 0.407 e. The summed E-state index contributed by atoms with van der Waals surface area (Å²) in [5.74, 6) is -0.0105. The zero-order valence-corrected chi connectivity index (χ0v) is 20.4. The highest BCUT2D eigenvalue weighted by atomic mass is 16.7. The van der Waals surface area contributed by atoms with Crippen LogP contribution in [0.5, 0.6) is 0 Å². The van der Waals surface area contributed by atoms with Crippen molar-refractivity contribution in [1.29, 1.82) is 0 Å².